The molecule has 1 aliphatic heterocycles. The standard InChI is InChI=1S/C25H16Cl2N2O2S/c1-31-18-12-10-17(11-13-18)29-24(23-22(27)19-4-2-3-5-21(19)32-23)28-20(25(29)30)14-15-6-8-16(26)9-7-15/h2-14H,1H3/b20-14+. The molecule has 0 bridgehead atoms. The highest BCUT2D eigenvalue weighted by molar-refractivity contribution is 7.21. The fourth-order valence-corrected chi connectivity index (χ4v) is 5.14. The van der Waals surface area contributed by atoms with E-state index in [1.165, 1.54) is 11.3 Å². The van der Waals surface area contributed by atoms with E-state index in [0.717, 1.165) is 20.5 Å². The van der Waals surface area contributed by atoms with E-state index in [0.29, 0.717) is 33.0 Å². The molecule has 5 rings (SSSR count). The molecule has 0 radical (unpaired) electrons. The molecular formula is C25H16Cl2N2O2S. The summed E-state index contributed by atoms with van der Waals surface area (Å²) in [4.78, 5) is 20.6. The Kier molecular flexibility index (Phi) is 5.47. The third-order valence-corrected chi connectivity index (χ3v) is 7.03. The Bertz CT molecular complexity index is 1390. The number of hydrogen-bond donors (Lipinski definition) is 0. The summed E-state index contributed by atoms with van der Waals surface area (Å²) in [5, 5.41) is 2.16. The van der Waals surface area contributed by atoms with Crippen LogP contribution in [0, 0.1) is 0 Å². The highest BCUT2D eigenvalue weighted by Gasteiger charge is 2.35. The Morgan fingerprint density at radius 2 is 1.69 bits per heavy atom. The van der Waals surface area contributed by atoms with Gasteiger partial charge in [0.15, 0.2) is 5.84 Å². The molecule has 0 saturated carbocycles. The molecule has 0 unspecified atom stereocenters. The Morgan fingerprint density at radius 3 is 2.38 bits per heavy atom. The molecule has 3 aromatic carbocycles. The molecule has 158 valence electrons. The van der Waals surface area contributed by atoms with Crippen molar-refractivity contribution < 1.29 is 9.53 Å². The van der Waals surface area contributed by atoms with Crippen LogP contribution in [-0.2, 0) is 4.79 Å². The summed E-state index contributed by atoms with van der Waals surface area (Å²) in [5.74, 6) is 0.982. The minimum atomic E-state index is -0.228. The van der Waals surface area contributed by atoms with Crippen LogP contribution in [0.15, 0.2) is 83.5 Å². The van der Waals surface area contributed by atoms with Gasteiger partial charge in [-0.25, -0.2) is 4.99 Å². The van der Waals surface area contributed by atoms with Gasteiger partial charge in [-0.2, -0.15) is 0 Å². The minimum absolute atomic E-state index is 0.228. The van der Waals surface area contributed by atoms with E-state index in [-0.39, 0.29) is 5.91 Å². The first-order valence-electron chi connectivity index (χ1n) is 9.77. The Labute approximate surface area is 199 Å². The van der Waals surface area contributed by atoms with Crippen molar-refractivity contribution in [1.29, 1.82) is 0 Å². The third kappa shape index (κ3) is 3.69. The van der Waals surface area contributed by atoms with Gasteiger partial charge in [-0.1, -0.05) is 53.5 Å². The summed E-state index contributed by atoms with van der Waals surface area (Å²) in [6.07, 6.45) is 1.75. The maximum atomic E-state index is 13.5. The van der Waals surface area contributed by atoms with E-state index in [1.807, 2.05) is 60.7 Å². The molecule has 1 amide bonds. The smallest absolute Gasteiger partial charge is 0.282 e. The van der Waals surface area contributed by atoms with Crippen LogP contribution >= 0.6 is 34.5 Å². The second-order valence-electron chi connectivity index (χ2n) is 7.10. The number of aliphatic imine (C=N–C) groups is 1. The van der Waals surface area contributed by atoms with Crippen molar-refractivity contribution in [3.63, 3.8) is 0 Å². The van der Waals surface area contributed by atoms with Gasteiger partial charge in [0.2, 0.25) is 0 Å². The fourth-order valence-electron chi connectivity index (χ4n) is 3.51. The van der Waals surface area contributed by atoms with Gasteiger partial charge in [-0.05, 0) is 54.1 Å². The molecule has 0 spiro atoms. The number of methoxy groups -OCH3 is 1. The van der Waals surface area contributed by atoms with Gasteiger partial charge in [-0.3, -0.25) is 9.69 Å². The van der Waals surface area contributed by atoms with Crippen molar-refractivity contribution in [3.05, 3.63) is 99.0 Å². The maximum Gasteiger partial charge on any atom is 0.282 e. The third-order valence-electron chi connectivity index (χ3n) is 5.10. The normalized spacial score (nSPS) is 15.0. The number of ether oxygens (including phenoxy) is 1. The topological polar surface area (TPSA) is 41.9 Å². The van der Waals surface area contributed by atoms with Crippen molar-refractivity contribution in [3.8, 4) is 5.75 Å². The first-order valence-corrected chi connectivity index (χ1v) is 11.3. The molecule has 0 N–H and O–H groups in total. The zero-order valence-electron chi connectivity index (χ0n) is 16.9. The largest absolute Gasteiger partial charge is 0.497 e. The SMILES string of the molecule is COc1ccc(N2C(=O)/C(=C\c3ccc(Cl)cc3)N=C2c2sc3ccccc3c2Cl)cc1. The predicted molar refractivity (Wildman–Crippen MR) is 133 cm³/mol. The molecular weight excluding hydrogens is 463 g/mol. The number of hydrogen-bond acceptors (Lipinski definition) is 4. The van der Waals surface area contributed by atoms with E-state index in [1.54, 1.807) is 30.2 Å². The van der Waals surface area contributed by atoms with E-state index >= 15 is 0 Å². The number of carbonyl (C=O) groups excluding carboxylic acids is 1. The van der Waals surface area contributed by atoms with Crippen molar-refractivity contribution in [1.82, 2.24) is 0 Å². The monoisotopic (exact) mass is 478 g/mol. The van der Waals surface area contributed by atoms with Crippen molar-refractivity contribution >= 4 is 68.1 Å². The number of anilines is 1. The first kappa shape index (κ1) is 20.8. The summed E-state index contributed by atoms with van der Waals surface area (Å²) in [6.45, 7) is 0. The van der Waals surface area contributed by atoms with E-state index < -0.39 is 0 Å². The van der Waals surface area contributed by atoms with Gasteiger partial charge >= 0.3 is 0 Å². The van der Waals surface area contributed by atoms with Gasteiger partial charge in [0.05, 0.1) is 22.7 Å². The Hall–Kier alpha value is -3.12. The van der Waals surface area contributed by atoms with Crippen molar-refractivity contribution in [2.75, 3.05) is 12.0 Å². The van der Waals surface area contributed by atoms with Crippen molar-refractivity contribution in [2.24, 2.45) is 4.99 Å². The number of amides is 1. The lowest BCUT2D eigenvalue weighted by Gasteiger charge is -2.18. The number of halogens is 2. The fraction of sp³-hybridized carbons (Fsp3) is 0.0400. The van der Waals surface area contributed by atoms with Gasteiger partial charge in [0.1, 0.15) is 11.4 Å². The zero-order chi connectivity index (χ0) is 22.2. The molecule has 1 aliphatic rings. The van der Waals surface area contributed by atoms with Crippen LogP contribution in [0.25, 0.3) is 16.2 Å². The molecule has 0 saturated heterocycles. The lowest BCUT2D eigenvalue weighted by Crippen LogP contribution is -2.32. The maximum absolute atomic E-state index is 13.5. The molecule has 1 aromatic heterocycles. The zero-order valence-corrected chi connectivity index (χ0v) is 19.2. The van der Waals surface area contributed by atoms with Crippen LogP contribution in [-0.4, -0.2) is 18.9 Å². The van der Waals surface area contributed by atoms with Gasteiger partial charge < -0.3 is 4.74 Å². The highest BCUT2D eigenvalue weighted by atomic mass is 35.5. The lowest BCUT2D eigenvalue weighted by atomic mass is 10.2. The highest BCUT2D eigenvalue weighted by Crippen LogP contribution is 2.39. The average molecular weight is 479 g/mol. The number of carbonyl (C=O) groups is 1. The number of amidine groups is 1. The van der Waals surface area contributed by atoms with Crippen LogP contribution in [0.3, 0.4) is 0 Å². The molecule has 0 aliphatic carbocycles. The van der Waals surface area contributed by atoms with Crippen molar-refractivity contribution in [2.45, 2.75) is 0 Å². The number of thiophene rings is 1. The van der Waals surface area contributed by atoms with E-state index in [9.17, 15) is 4.79 Å². The van der Waals surface area contributed by atoms with E-state index in [2.05, 4.69) is 0 Å². The Balaban J connectivity index is 1.66. The number of nitrogens with zero attached hydrogens (tertiary/aromatic N) is 2. The molecule has 0 atom stereocenters. The number of benzene rings is 3. The van der Waals surface area contributed by atoms with Gasteiger partial charge in [-0.15, -0.1) is 11.3 Å². The number of rotatable bonds is 4. The lowest BCUT2D eigenvalue weighted by molar-refractivity contribution is -0.113. The molecule has 2 heterocycles. The second-order valence-corrected chi connectivity index (χ2v) is 8.96. The predicted octanol–water partition coefficient (Wildman–Crippen LogP) is 7.05. The first-order chi connectivity index (χ1) is 15.5. The summed E-state index contributed by atoms with van der Waals surface area (Å²) in [6, 6.07) is 22.4. The molecule has 32 heavy (non-hydrogen) atoms. The molecule has 4 aromatic rings. The number of fused-ring (bicyclic) bond motifs is 1. The second kappa shape index (κ2) is 8.43. The quantitative estimate of drug-likeness (QED) is 0.294. The van der Waals surface area contributed by atoms with Crippen LogP contribution in [0.4, 0.5) is 5.69 Å². The van der Waals surface area contributed by atoms with Crippen LogP contribution in [0.2, 0.25) is 10.0 Å². The average Bonchev–Trinajstić information content (AvgIpc) is 3.32. The van der Waals surface area contributed by atoms with Gasteiger partial charge in [0, 0.05) is 15.1 Å². The molecule has 0 fully saturated rings. The Morgan fingerprint density at radius 1 is 0.969 bits per heavy atom. The summed E-state index contributed by atoms with van der Waals surface area (Å²) in [7, 11) is 1.60. The summed E-state index contributed by atoms with van der Waals surface area (Å²) < 4.78 is 6.30. The minimum Gasteiger partial charge on any atom is -0.497 e. The summed E-state index contributed by atoms with van der Waals surface area (Å²) >= 11 is 14.3. The van der Waals surface area contributed by atoms with Crippen LogP contribution in [0.1, 0.15) is 10.4 Å². The summed E-state index contributed by atoms with van der Waals surface area (Å²) in [5.41, 5.74) is 1.84. The molecule has 4 nitrogen and oxygen atoms in total. The van der Waals surface area contributed by atoms with Gasteiger partial charge in [0.25, 0.3) is 5.91 Å². The molecule has 7 heteroatoms. The van der Waals surface area contributed by atoms with Crippen LogP contribution in [0.5, 0.6) is 5.75 Å². The van der Waals surface area contributed by atoms with Crippen LogP contribution < -0.4 is 9.64 Å². The van der Waals surface area contributed by atoms with E-state index in [4.69, 9.17) is 32.9 Å².